The first kappa shape index (κ1) is 19.2. The van der Waals surface area contributed by atoms with Crippen molar-refractivity contribution in [1.82, 2.24) is 4.57 Å². The Hall–Kier alpha value is -2.17. The zero-order valence-corrected chi connectivity index (χ0v) is 17.4. The number of piperidine rings is 1. The molecule has 4 rings (SSSR count). The lowest BCUT2D eigenvalue weighted by Gasteiger charge is -2.37. The number of rotatable bonds is 4. The van der Waals surface area contributed by atoms with Crippen LogP contribution in [0.1, 0.15) is 25.8 Å². The number of para-hydroxylation sites is 1. The molecule has 0 radical (unpaired) electrons. The van der Waals surface area contributed by atoms with Crippen LogP contribution in [0.4, 0.5) is 5.69 Å². The molecule has 1 aromatic heterocycles. The molecule has 0 spiro atoms. The fourth-order valence-electron chi connectivity index (χ4n) is 4.68. The molecular formula is C23H27ClN2O2. The summed E-state index contributed by atoms with van der Waals surface area (Å²) in [5.41, 5.74) is 3.94. The van der Waals surface area contributed by atoms with Crippen LogP contribution in [-0.4, -0.2) is 29.9 Å². The highest BCUT2D eigenvalue weighted by Crippen LogP contribution is 2.37. The molecule has 2 heterocycles. The maximum absolute atomic E-state index is 10.2. The summed E-state index contributed by atoms with van der Waals surface area (Å²) in [6.45, 7) is 6.68. The standard InChI is InChI=1S/C23H27ClN2O2/c1-15-11-16(2)13-25(12-15)20-7-8-21-17(18(20)14-27)9-10-26(21)23-19(24)5-4-6-22(23)28-3/h4-10,15-16,27H,11-14H2,1-3H3/t15-,16+. The summed E-state index contributed by atoms with van der Waals surface area (Å²) in [6.07, 6.45) is 3.26. The molecule has 0 saturated carbocycles. The Kier molecular flexibility index (Phi) is 5.26. The number of aromatic nitrogens is 1. The first-order valence-electron chi connectivity index (χ1n) is 9.85. The van der Waals surface area contributed by atoms with E-state index < -0.39 is 0 Å². The Morgan fingerprint density at radius 3 is 2.54 bits per heavy atom. The fourth-order valence-corrected chi connectivity index (χ4v) is 4.93. The largest absolute Gasteiger partial charge is 0.495 e. The van der Waals surface area contributed by atoms with Crippen molar-refractivity contribution < 1.29 is 9.84 Å². The maximum Gasteiger partial charge on any atom is 0.144 e. The first-order chi connectivity index (χ1) is 13.5. The second-order valence-electron chi connectivity index (χ2n) is 7.98. The Bertz CT molecular complexity index is 988. The van der Waals surface area contributed by atoms with Gasteiger partial charge in [0, 0.05) is 35.9 Å². The van der Waals surface area contributed by atoms with E-state index in [1.165, 1.54) is 6.42 Å². The summed E-state index contributed by atoms with van der Waals surface area (Å²) in [4.78, 5) is 2.43. The quantitative estimate of drug-likeness (QED) is 0.650. The molecule has 1 aliphatic heterocycles. The normalized spacial score (nSPS) is 20.0. The average Bonchev–Trinajstić information content (AvgIpc) is 3.09. The molecule has 4 nitrogen and oxygen atoms in total. The van der Waals surface area contributed by atoms with Crippen molar-refractivity contribution >= 4 is 28.2 Å². The molecule has 0 unspecified atom stereocenters. The second-order valence-corrected chi connectivity index (χ2v) is 8.39. The highest BCUT2D eigenvalue weighted by atomic mass is 35.5. The lowest BCUT2D eigenvalue weighted by atomic mass is 9.91. The number of hydrogen-bond acceptors (Lipinski definition) is 3. The van der Waals surface area contributed by atoms with Crippen molar-refractivity contribution in [3.05, 3.63) is 53.2 Å². The van der Waals surface area contributed by atoms with E-state index in [1.807, 2.05) is 29.0 Å². The first-order valence-corrected chi connectivity index (χ1v) is 10.2. The van der Waals surface area contributed by atoms with E-state index >= 15 is 0 Å². The van der Waals surface area contributed by atoms with Crippen LogP contribution in [-0.2, 0) is 6.61 Å². The predicted octanol–water partition coefficient (Wildman–Crippen LogP) is 5.27. The van der Waals surface area contributed by atoms with Crippen LogP contribution in [0.3, 0.4) is 0 Å². The molecule has 1 saturated heterocycles. The number of benzene rings is 2. The number of nitrogens with zero attached hydrogens (tertiary/aromatic N) is 2. The van der Waals surface area contributed by atoms with Crippen molar-refractivity contribution in [2.24, 2.45) is 11.8 Å². The SMILES string of the molecule is COc1cccc(Cl)c1-n1ccc2c(CO)c(N3C[C@H](C)C[C@H](C)C3)ccc21. The Labute approximate surface area is 171 Å². The van der Waals surface area contributed by atoms with Crippen LogP contribution in [0, 0.1) is 11.8 Å². The van der Waals surface area contributed by atoms with Gasteiger partial charge in [0.15, 0.2) is 0 Å². The van der Waals surface area contributed by atoms with E-state index in [-0.39, 0.29) is 6.61 Å². The van der Waals surface area contributed by atoms with Gasteiger partial charge in [0.1, 0.15) is 11.4 Å². The van der Waals surface area contributed by atoms with Gasteiger partial charge < -0.3 is 19.3 Å². The van der Waals surface area contributed by atoms with Crippen molar-refractivity contribution in [2.75, 3.05) is 25.1 Å². The Morgan fingerprint density at radius 2 is 1.86 bits per heavy atom. The van der Waals surface area contributed by atoms with Crippen LogP contribution in [0.5, 0.6) is 5.75 Å². The number of anilines is 1. The van der Waals surface area contributed by atoms with Gasteiger partial charge in [-0.2, -0.15) is 0 Å². The second kappa shape index (κ2) is 7.69. The molecule has 2 atom stereocenters. The van der Waals surface area contributed by atoms with Gasteiger partial charge in [-0.15, -0.1) is 0 Å². The minimum atomic E-state index is 0.00953. The number of ether oxygens (including phenoxy) is 1. The molecule has 28 heavy (non-hydrogen) atoms. The number of aliphatic hydroxyl groups excluding tert-OH is 1. The van der Waals surface area contributed by atoms with Gasteiger partial charge in [0.2, 0.25) is 0 Å². The molecule has 2 aromatic carbocycles. The lowest BCUT2D eigenvalue weighted by molar-refractivity contribution is 0.282. The molecule has 0 amide bonds. The highest BCUT2D eigenvalue weighted by Gasteiger charge is 2.25. The van der Waals surface area contributed by atoms with E-state index in [1.54, 1.807) is 7.11 Å². The van der Waals surface area contributed by atoms with Gasteiger partial charge in [0.05, 0.1) is 24.3 Å². The Balaban J connectivity index is 1.85. The van der Waals surface area contributed by atoms with Crippen LogP contribution in [0.2, 0.25) is 5.02 Å². The van der Waals surface area contributed by atoms with Gasteiger partial charge in [-0.3, -0.25) is 0 Å². The fraction of sp³-hybridized carbons (Fsp3) is 0.391. The zero-order valence-electron chi connectivity index (χ0n) is 16.7. The predicted molar refractivity (Wildman–Crippen MR) is 116 cm³/mol. The topological polar surface area (TPSA) is 37.6 Å². The smallest absolute Gasteiger partial charge is 0.144 e. The highest BCUT2D eigenvalue weighted by molar-refractivity contribution is 6.32. The summed E-state index contributed by atoms with van der Waals surface area (Å²) in [7, 11) is 1.65. The van der Waals surface area contributed by atoms with Gasteiger partial charge in [-0.05, 0) is 48.6 Å². The molecule has 1 N–H and O–H groups in total. The number of halogens is 1. The van der Waals surface area contributed by atoms with Crippen LogP contribution >= 0.6 is 11.6 Å². The van der Waals surface area contributed by atoms with Crippen LogP contribution in [0.25, 0.3) is 16.6 Å². The van der Waals surface area contributed by atoms with Crippen molar-refractivity contribution in [1.29, 1.82) is 0 Å². The van der Waals surface area contributed by atoms with Gasteiger partial charge in [-0.1, -0.05) is 31.5 Å². The van der Waals surface area contributed by atoms with E-state index in [0.717, 1.165) is 46.7 Å². The minimum absolute atomic E-state index is 0.00953. The molecule has 3 aromatic rings. The third kappa shape index (κ3) is 3.25. The summed E-state index contributed by atoms with van der Waals surface area (Å²) >= 11 is 6.50. The summed E-state index contributed by atoms with van der Waals surface area (Å²) in [5.74, 6) is 2.03. The molecular weight excluding hydrogens is 372 g/mol. The molecule has 148 valence electrons. The lowest BCUT2D eigenvalue weighted by Crippen LogP contribution is -2.39. The van der Waals surface area contributed by atoms with E-state index in [2.05, 4.69) is 36.9 Å². The average molecular weight is 399 g/mol. The third-order valence-electron chi connectivity index (χ3n) is 5.74. The van der Waals surface area contributed by atoms with Crippen molar-refractivity contribution in [2.45, 2.75) is 26.9 Å². The van der Waals surface area contributed by atoms with Gasteiger partial charge >= 0.3 is 0 Å². The monoisotopic (exact) mass is 398 g/mol. The maximum atomic E-state index is 10.2. The number of methoxy groups -OCH3 is 1. The zero-order chi connectivity index (χ0) is 19.8. The molecule has 5 heteroatoms. The summed E-state index contributed by atoms with van der Waals surface area (Å²) in [5, 5.41) is 11.9. The molecule has 1 aliphatic rings. The van der Waals surface area contributed by atoms with Crippen LogP contribution in [0.15, 0.2) is 42.6 Å². The van der Waals surface area contributed by atoms with Crippen molar-refractivity contribution in [3.8, 4) is 11.4 Å². The molecule has 1 fully saturated rings. The van der Waals surface area contributed by atoms with E-state index in [9.17, 15) is 5.11 Å². The van der Waals surface area contributed by atoms with Gasteiger partial charge in [0.25, 0.3) is 0 Å². The number of aliphatic hydroxyl groups is 1. The molecule has 0 aliphatic carbocycles. The minimum Gasteiger partial charge on any atom is -0.495 e. The van der Waals surface area contributed by atoms with Crippen LogP contribution < -0.4 is 9.64 Å². The number of hydrogen-bond donors (Lipinski definition) is 1. The van der Waals surface area contributed by atoms with Gasteiger partial charge in [-0.25, -0.2) is 0 Å². The third-order valence-corrected chi connectivity index (χ3v) is 6.04. The molecule has 0 bridgehead atoms. The summed E-state index contributed by atoms with van der Waals surface area (Å²) in [6, 6.07) is 12.0. The van der Waals surface area contributed by atoms with E-state index in [0.29, 0.717) is 16.9 Å². The van der Waals surface area contributed by atoms with E-state index in [4.69, 9.17) is 16.3 Å². The number of fused-ring (bicyclic) bond motifs is 1. The Morgan fingerprint density at radius 1 is 1.11 bits per heavy atom. The van der Waals surface area contributed by atoms with Crippen molar-refractivity contribution in [3.63, 3.8) is 0 Å². The summed E-state index contributed by atoms with van der Waals surface area (Å²) < 4.78 is 7.58.